The van der Waals surface area contributed by atoms with Crippen molar-refractivity contribution in [1.29, 1.82) is 0 Å². The number of aliphatic carboxylic acids is 1. The molecule has 5 heteroatoms. The van der Waals surface area contributed by atoms with E-state index in [-0.39, 0.29) is 17.6 Å². The fourth-order valence-electron chi connectivity index (χ4n) is 2.68. The number of likely N-dealkylation sites (tertiary alicyclic amines) is 1. The third-order valence-electron chi connectivity index (χ3n) is 3.67. The van der Waals surface area contributed by atoms with Crippen LogP contribution < -0.4 is 0 Å². The molecule has 0 aromatic heterocycles. The number of hydrogen-bond donors (Lipinski definition) is 1. The monoisotopic (exact) mass is 279 g/mol. The molecule has 108 valence electrons. The predicted molar refractivity (Wildman–Crippen MR) is 71.6 cm³/mol. The van der Waals surface area contributed by atoms with Crippen molar-refractivity contribution in [3.05, 3.63) is 35.6 Å². The first-order chi connectivity index (χ1) is 9.49. The van der Waals surface area contributed by atoms with E-state index in [9.17, 15) is 14.0 Å². The zero-order chi connectivity index (χ0) is 14.7. The van der Waals surface area contributed by atoms with Gasteiger partial charge in [-0.2, -0.15) is 0 Å². The van der Waals surface area contributed by atoms with Crippen molar-refractivity contribution in [3.63, 3.8) is 0 Å². The fraction of sp³-hybridized carbons (Fsp3) is 0.467. The molecule has 0 bridgehead atoms. The Labute approximate surface area is 117 Å². The summed E-state index contributed by atoms with van der Waals surface area (Å²) in [4.78, 5) is 24.9. The molecule has 0 radical (unpaired) electrons. The third kappa shape index (κ3) is 3.15. The highest BCUT2D eigenvalue weighted by Gasteiger charge is 2.35. The van der Waals surface area contributed by atoms with Crippen LogP contribution in [0.5, 0.6) is 0 Å². The second kappa shape index (κ2) is 6.03. The van der Waals surface area contributed by atoms with Gasteiger partial charge in [0.1, 0.15) is 11.9 Å². The van der Waals surface area contributed by atoms with Gasteiger partial charge in [-0.3, -0.25) is 4.79 Å². The van der Waals surface area contributed by atoms with E-state index >= 15 is 0 Å². The van der Waals surface area contributed by atoms with Crippen LogP contribution in [0, 0.1) is 11.7 Å². The molecule has 0 aliphatic carbocycles. The molecule has 1 aromatic carbocycles. The van der Waals surface area contributed by atoms with E-state index in [1.54, 1.807) is 19.1 Å². The van der Waals surface area contributed by atoms with Crippen LogP contribution in [0.25, 0.3) is 0 Å². The number of benzene rings is 1. The average Bonchev–Trinajstić information content (AvgIpc) is 2.87. The van der Waals surface area contributed by atoms with Crippen LogP contribution >= 0.6 is 0 Å². The maximum atomic E-state index is 13.1. The van der Waals surface area contributed by atoms with Gasteiger partial charge < -0.3 is 10.0 Å². The molecule has 2 rings (SSSR count). The van der Waals surface area contributed by atoms with E-state index in [1.165, 1.54) is 17.0 Å². The molecule has 1 heterocycles. The largest absolute Gasteiger partial charge is 0.480 e. The zero-order valence-corrected chi connectivity index (χ0v) is 11.4. The number of carboxylic acid groups (broad SMARTS) is 1. The van der Waals surface area contributed by atoms with E-state index in [1.807, 2.05) is 0 Å². The first-order valence-electron chi connectivity index (χ1n) is 6.76. The molecule has 1 aromatic rings. The first-order valence-corrected chi connectivity index (χ1v) is 6.76. The average molecular weight is 279 g/mol. The summed E-state index contributed by atoms with van der Waals surface area (Å²) in [5, 5.41) is 9.10. The van der Waals surface area contributed by atoms with Gasteiger partial charge in [0.25, 0.3) is 0 Å². The number of rotatable bonds is 4. The van der Waals surface area contributed by atoms with Crippen molar-refractivity contribution < 1.29 is 19.1 Å². The van der Waals surface area contributed by atoms with Crippen LogP contribution in [0.4, 0.5) is 4.39 Å². The predicted octanol–water partition coefficient (Wildman–Crippen LogP) is 2.08. The number of hydrogen-bond acceptors (Lipinski definition) is 2. The Morgan fingerprint density at radius 3 is 2.90 bits per heavy atom. The number of carbonyl (C=O) groups is 2. The molecule has 0 saturated carbocycles. The topological polar surface area (TPSA) is 57.6 Å². The lowest BCUT2D eigenvalue weighted by molar-refractivity contribution is -0.149. The quantitative estimate of drug-likeness (QED) is 0.918. The Balaban J connectivity index is 2.03. The Morgan fingerprint density at radius 2 is 2.25 bits per heavy atom. The van der Waals surface area contributed by atoms with E-state index in [0.717, 1.165) is 12.0 Å². The molecule has 0 spiro atoms. The van der Waals surface area contributed by atoms with E-state index in [4.69, 9.17) is 5.11 Å². The Hall–Kier alpha value is -1.91. The van der Waals surface area contributed by atoms with Crippen molar-refractivity contribution in [2.24, 2.45) is 5.92 Å². The third-order valence-corrected chi connectivity index (χ3v) is 3.67. The molecule has 1 saturated heterocycles. The smallest absolute Gasteiger partial charge is 0.326 e. The Bertz CT molecular complexity index is 518. The summed E-state index contributed by atoms with van der Waals surface area (Å²) < 4.78 is 13.1. The van der Waals surface area contributed by atoms with Gasteiger partial charge in [-0.25, -0.2) is 9.18 Å². The number of carboxylic acids is 1. The lowest BCUT2D eigenvalue weighted by Crippen LogP contribution is -2.43. The summed E-state index contributed by atoms with van der Waals surface area (Å²) in [6.07, 6.45) is 1.64. The summed E-state index contributed by atoms with van der Waals surface area (Å²) in [6.45, 7) is 2.24. The van der Waals surface area contributed by atoms with Gasteiger partial charge in [0.2, 0.25) is 5.91 Å². The van der Waals surface area contributed by atoms with Crippen LogP contribution in [-0.4, -0.2) is 34.5 Å². The van der Waals surface area contributed by atoms with Crippen LogP contribution in [0.2, 0.25) is 0 Å². The van der Waals surface area contributed by atoms with E-state index in [2.05, 4.69) is 0 Å². The van der Waals surface area contributed by atoms with Crippen molar-refractivity contribution in [2.75, 3.05) is 6.54 Å². The molecule has 1 aliphatic rings. The lowest BCUT2D eigenvalue weighted by Gasteiger charge is -2.25. The molecule has 1 aliphatic heterocycles. The normalized spacial score (nSPS) is 19.9. The van der Waals surface area contributed by atoms with Crippen molar-refractivity contribution in [3.8, 4) is 0 Å². The number of nitrogens with zero attached hydrogens (tertiary/aromatic N) is 1. The lowest BCUT2D eigenvalue weighted by atomic mass is 9.99. The molecule has 1 fully saturated rings. The van der Waals surface area contributed by atoms with Gasteiger partial charge in [-0.15, -0.1) is 0 Å². The maximum absolute atomic E-state index is 13.1. The van der Waals surface area contributed by atoms with Crippen molar-refractivity contribution in [2.45, 2.75) is 32.2 Å². The van der Waals surface area contributed by atoms with Crippen molar-refractivity contribution >= 4 is 11.9 Å². The second-order valence-electron chi connectivity index (χ2n) is 5.26. The Morgan fingerprint density at radius 1 is 1.50 bits per heavy atom. The molecule has 2 atom stereocenters. The van der Waals surface area contributed by atoms with Gasteiger partial charge in [-0.05, 0) is 37.0 Å². The number of amides is 1. The number of carbonyl (C=O) groups excluding carboxylic acids is 1. The molecule has 1 amide bonds. The molecular formula is C15H18FNO3. The van der Waals surface area contributed by atoms with E-state index in [0.29, 0.717) is 19.4 Å². The summed E-state index contributed by atoms with van der Waals surface area (Å²) in [5.41, 5.74) is 0.747. The molecule has 4 nitrogen and oxygen atoms in total. The van der Waals surface area contributed by atoms with Gasteiger partial charge in [0, 0.05) is 12.5 Å². The van der Waals surface area contributed by atoms with Crippen molar-refractivity contribution in [1.82, 2.24) is 4.90 Å². The van der Waals surface area contributed by atoms with Crippen LogP contribution in [0.15, 0.2) is 24.3 Å². The zero-order valence-electron chi connectivity index (χ0n) is 11.4. The van der Waals surface area contributed by atoms with Gasteiger partial charge in [0.05, 0.1) is 0 Å². The van der Waals surface area contributed by atoms with Gasteiger partial charge in [-0.1, -0.05) is 19.1 Å². The SMILES string of the molecule is C[C@@H](Cc1cccc(F)c1)C(=O)N1CCC[C@@H]1C(=O)O. The minimum absolute atomic E-state index is 0.167. The summed E-state index contributed by atoms with van der Waals surface area (Å²) in [6, 6.07) is 5.43. The highest BCUT2D eigenvalue weighted by Crippen LogP contribution is 2.21. The summed E-state index contributed by atoms with van der Waals surface area (Å²) in [7, 11) is 0. The van der Waals surface area contributed by atoms with Gasteiger partial charge >= 0.3 is 5.97 Å². The van der Waals surface area contributed by atoms with Crippen LogP contribution in [0.3, 0.4) is 0 Å². The minimum atomic E-state index is -0.950. The first kappa shape index (κ1) is 14.5. The number of halogens is 1. The summed E-state index contributed by atoms with van der Waals surface area (Å²) in [5.74, 6) is -1.79. The highest BCUT2D eigenvalue weighted by molar-refractivity contribution is 5.85. The molecular weight excluding hydrogens is 261 g/mol. The highest BCUT2D eigenvalue weighted by atomic mass is 19.1. The summed E-state index contributed by atoms with van der Waals surface area (Å²) >= 11 is 0. The minimum Gasteiger partial charge on any atom is -0.480 e. The van der Waals surface area contributed by atoms with Gasteiger partial charge in [0.15, 0.2) is 0 Å². The van der Waals surface area contributed by atoms with Crippen LogP contribution in [0.1, 0.15) is 25.3 Å². The molecule has 0 unspecified atom stereocenters. The van der Waals surface area contributed by atoms with E-state index < -0.39 is 12.0 Å². The maximum Gasteiger partial charge on any atom is 0.326 e. The molecule has 20 heavy (non-hydrogen) atoms. The Kier molecular flexibility index (Phi) is 4.37. The standard InChI is InChI=1S/C15H18FNO3/c1-10(8-11-4-2-5-12(16)9-11)14(18)17-7-3-6-13(17)15(19)20/h2,4-5,9-10,13H,3,6-8H2,1H3,(H,19,20)/t10-,13+/m0/s1. The second-order valence-corrected chi connectivity index (χ2v) is 5.26. The fourth-order valence-corrected chi connectivity index (χ4v) is 2.68. The molecule has 1 N–H and O–H groups in total. The van der Waals surface area contributed by atoms with Crippen LogP contribution in [-0.2, 0) is 16.0 Å².